The van der Waals surface area contributed by atoms with Crippen molar-refractivity contribution in [2.24, 2.45) is 0 Å². The Morgan fingerprint density at radius 2 is 2.05 bits per heavy atom. The van der Waals surface area contributed by atoms with Gasteiger partial charge in [-0.1, -0.05) is 0 Å². The highest BCUT2D eigenvalue weighted by atomic mass is 32.1. The smallest absolute Gasteiger partial charge is 0.348 e. The van der Waals surface area contributed by atoms with Gasteiger partial charge in [-0.25, -0.2) is 4.79 Å². The van der Waals surface area contributed by atoms with E-state index in [4.69, 9.17) is 9.47 Å². The summed E-state index contributed by atoms with van der Waals surface area (Å²) >= 11 is 1.44. The van der Waals surface area contributed by atoms with Crippen LogP contribution in [0.5, 0.6) is 5.75 Å². The van der Waals surface area contributed by atoms with Gasteiger partial charge in [0.2, 0.25) is 0 Å². The number of hydrogen-bond acceptors (Lipinski definition) is 5. The zero-order valence-corrected chi connectivity index (χ0v) is 13.5. The molecule has 0 amide bonds. The number of methoxy groups -OCH3 is 1. The van der Waals surface area contributed by atoms with Crippen LogP contribution in [0.3, 0.4) is 0 Å². The molecule has 0 N–H and O–H groups in total. The van der Waals surface area contributed by atoms with Crippen molar-refractivity contribution in [3.05, 3.63) is 29.1 Å². The Labute approximate surface area is 129 Å². The molecule has 1 heterocycles. The first-order valence-corrected chi connectivity index (χ1v) is 7.81. The van der Waals surface area contributed by atoms with Crippen LogP contribution in [0.4, 0.5) is 0 Å². The van der Waals surface area contributed by atoms with Crippen LogP contribution in [-0.4, -0.2) is 45.2 Å². The molecule has 0 unspecified atom stereocenters. The fourth-order valence-corrected chi connectivity index (χ4v) is 2.99. The quantitative estimate of drug-likeness (QED) is 0.580. The van der Waals surface area contributed by atoms with Crippen LogP contribution in [0.15, 0.2) is 24.3 Å². The largest absolute Gasteiger partial charge is 0.497 e. The fourth-order valence-electron chi connectivity index (χ4n) is 2.01. The molecule has 0 saturated heterocycles. The highest BCUT2D eigenvalue weighted by Gasteiger charge is 2.12. The molecular weight excluding hydrogens is 286 g/mol. The molecule has 4 nitrogen and oxygen atoms in total. The van der Waals surface area contributed by atoms with Gasteiger partial charge < -0.3 is 14.4 Å². The van der Waals surface area contributed by atoms with E-state index in [1.807, 2.05) is 38.4 Å². The maximum absolute atomic E-state index is 12.0. The van der Waals surface area contributed by atoms with E-state index in [0.29, 0.717) is 11.5 Å². The molecule has 21 heavy (non-hydrogen) atoms. The van der Waals surface area contributed by atoms with Crippen molar-refractivity contribution in [1.29, 1.82) is 0 Å². The van der Waals surface area contributed by atoms with Gasteiger partial charge >= 0.3 is 5.97 Å². The summed E-state index contributed by atoms with van der Waals surface area (Å²) in [6.45, 7) is 1.49. The lowest BCUT2D eigenvalue weighted by molar-refractivity contribution is 0.0502. The van der Waals surface area contributed by atoms with Crippen molar-refractivity contribution >= 4 is 27.4 Å². The van der Waals surface area contributed by atoms with E-state index in [1.54, 1.807) is 7.11 Å². The minimum Gasteiger partial charge on any atom is -0.497 e. The maximum Gasteiger partial charge on any atom is 0.348 e. The molecule has 0 fully saturated rings. The zero-order chi connectivity index (χ0) is 15.2. The van der Waals surface area contributed by atoms with Gasteiger partial charge in [0, 0.05) is 4.70 Å². The Morgan fingerprint density at radius 3 is 2.76 bits per heavy atom. The summed E-state index contributed by atoms with van der Waals surface area (Å²) in [5.74, 6) is 0.563. The number of unbranched alkanes of at least 4 members (excludes halogenated alkanes) is 1. The molecule has 1 aromatic carbocycles. The molecule has 0 aliphatic heterocycles. The normalized spacial score (nSPS) is 11.0. The summed E-state index contributed by atoms with van der Waals surface area (Å²) in [7, 11) is 5.71. The van der Waals surface area contributed by atoms with Crippen LogP contribution in [0.25, 0.3) is 10.1 Å². The Morgan fingerprint density at radius 1 is 1.24 bits per heavy atom. The standard InChI is InChI=1S/C16H21NO3S/c1-17(2)8-4-5-9-20-16(18)15-10-12-6-7-13(19-3)11-14(12)21-15/h6-7,10-11H,4-5,8-9H2,1-3H3. The number of fused-ring (bicyclic) bond motifs is 1. The number of thiophene rings is 1. The van der Waals surface area contributed by atoms with E-state index in [0.717, 1.165) is 35.2 Å². The third-order valence-electron chi connectivity index (χ3n) is 3.16. The average molecular weight is 307 g/mol. The number of hydrogen-bond donors (Lipinski definition) is 0. The molecule has 0 aliphatic carbocycles. The lowest BCUT2D eigenvalue weighted by Crippen LogP contribution is -2.14. The van der Waals surface area contributed by atoms with E-state index in [-0.39, 0.29) is 5.97 Å². The molecule has 0 saturated carbocycles. The van der Waals surface area contributed by atoms with E-state index >= 15 is 0 Å². The molecule has 0 bridgehead atoms. The first-order valence-electron chi connectivity index (χ1n) is 6.99. The van der Waals surface area contributed by atoms with Crippen LogP contribution in [0.2, 0.25) is 0 Å². The van der Waals surface area contributed by atoms with Crippen molar-refractivity contribution in [2.75, 3.05) is 34.4 Å². The van der Waals surface area contributed by atoms with Crippen LogP contribution < -0.4 is 4.74 Å². The molecule has 114 valence electrons. The number of ether oxygens (including phenoxy) is 2. The van der Waals surface area contributed by atoms with Crippen LogP contribution >= 0.6 is 11.3 Å². The number of benzene rings is 1. The molecular formula is C16H21NO3S. The van der Waals surface area contributed by atoms with Crippen LogP contribution in [-0.2, 0) is 4.74 Å². The Balaban J connectivity index is 1.90. The van der Waals surface area contributed by atoms with Gasteiger partial charge in [-0.15, -0.1) is 11.3 Å². The van der Waals surface area contributed by atoms with Crippen molar-refractivity contribution < 1.29 is 14.3 Å². The number of carbonyl (C=O) groups is 1. The monoisotopic (exact) mass is 307 g/mol. The van der Waals surface area contributed by atoms with E-state index in [2.05, 4.69) is 4.90 Å². The van der Waals surface area contributed by atoms with Crippen molar-refractivity contribution in [3.63, 3.8) is 0 Å². The second-order valence-corrected chi connectivity index (χ2v) is 6.24. The minimum absolute atomic E-state index is 0.236. The van der Waals surface area contributed by atoms with Gasteiger partial charge in [0.1, 0.15) is 10.6 Å². The second-order valence-electron chi connectivity index (χ2n) is 5.16. The summed E-state index contributed by atoms with van der Waals surface area (Å²) in [6, 6.07) is 7.67. The van der Waals surface area contributed by atoms with Crippen molar-refractivity contribution in [1.82, 2.24) is 4.90 Å². The lowest BCUT2D eigenvalue weighted by atomic mass is 10.2. The van der Waals surface area contributed by atoms with E-state index < -0.39 is 0 Å². The van der Waals surface area contributed by atoms with Gasteiger partial charge in [-0.2, -0.15) is 0 Å². The minimum atomic E-state index is -0.236. The first-order chi connectivity index (χ1) is 10.1. The zero-order valence-electron chi connectivity index (χ0n) is 12.7. The summed E-state index contributed by atoms with van der Waals surface area (Å²) in [5.41, 5.74) is 0. The first kappa shape index (κ1) is 15.8. The number of carbonyl (C=O) groups excluding carboxylic acids is 1. The summed E-state index contributed by atoms with van der Waals surface area (Å²) in [4.78, 5) is 14.8. The van der Waals surface area contributed by atoms with Gasteiger partial charge in [0.25, 0.3) is 0 Å². The highest BCUT2D eigenvalue weighted by Crippen LogP contribution is 2.29. The molecule has 5 heteroatoms. The topological polar surface area (TPSA) is 38.8 Å². The fraction of sp³-hybridized carbons (Fsp3) is 0.438. The maximum atomic E-state index is 12.0. The lowest BCUT2D eigenvalue weighted by Gasteiger charge is -2.08. The molecule has 0 atom stereocenters. The van der Waals surface area contributed by atoms with Gasteiger partial charge in [-0.3, -0.25) is 0 Å². The Kier molecular flexibility index (Phi) is 5.59. The molecule has 0 aliphatic rings. The Bertz CT molecular complexity index is 607. The third-order valence-corrected chi connectivity index (χ3v) is 4.24. The third kappa shape index (κ3) is 4.44. The number of rotatable bonds is 7. The van der Waals surface area contributed by atoms with Gasteiger partial charge in [-0.05, 0) is 63.1 Å². The molecule has 0 spiro atoms. The van der Waals surface area contributed by atoms with E-state index in [1.165, 1.54) is 11.3 Å². The van der Waals surface area contributed by atoms with Crippen molar-refractivity contribution in [2.45, 2.75) is 12.8 Å². The van der Waals surface area contributed by atoms with Crippen molar-refractivity contribution in [3.8, 4) is 5.75 Å². The number of nitrogens with zero attached hydrogens (tertiary/aromatic N) is 1. The summed E-state index contributed by atoms with van der Waals surface area (Å²) in [6.07, 6.45) is 1.92. The summed E-state index contributed by atoms with van der Waals surface area (Å²) in [5, 5.41) is 1.04. The van der Waals surface area contributed by atoms with Gasteiger partial charge in [0.15, 0.2) is 0 Å². The van der Waals surface area contributed by atoms with E-state index in [9.17, 15) is 4.79 Å². The predicted molar refractivity (Wildman–Crippen MR) is 86.4 cm³/mol. The molecule has 2 aromatic rings. The molecule has 1 aromatic heterocycles. The van der Waals surface area contributed by atoms with Gasteiger partial charge in [0.05, 0.1) is 13.7 Å². The highest BCUT2D eigenvalue weighted by molar-refractivity contribution is 7.20. The average Bonchev–Trinajstić information content (AvgIpc) is 2.89. The van der Waals surface area contributed by atoms with Crippen LogP contribution in [0, 0.1) is 0 Å². The predicted octanol–water partition coefficient (Wildman–Crippen LogP) is 3.41. The molecule has 2 rings (SSSR count). The SMILES string of the molecule is COc1ccc2cc(C(=O)OCCCCN(C)C)sc2c1. The Hall–Kier alpha value is -1.59. The summed E-state index contributed by atoms with van der Waals surface area (Å²) < 4.78 is 11.5. The van der Waals surface area contributed by atoms with Crippen LogP contribution in [0.1, 0.15) is 22.5 Å². The second kappa shape index (κ2) is 7.43. The molecule has 0 radical (unpaired) electrons. The number of esters is 1.